The van der Waals surface area contributed by atoms with Crippen molar-refractivity contribution >= 4 is 5.91 Å². The van der Waals surface area contributed by atoms with Crippen LogP contribution in [0.1, 0.15) is 110 Å². The molecule has 126 valence electrons. The summed E-state index contributed by atoms with van der Waals surface area (Å²) in [5, 5.41) is 0. The Labute approximate surface area is 133 Å². The van der Waals surface area contributed by atoms with Gasteiger partial charge in [-0.2, -0.15) is 0 Å². The van der Waals surface area contributed by atoms with Crippen molar-refractivity contribution in [3.05, 3.63) is 0 Å². The second-order valence-corrected chi connectivity index (χ2v) is 6.69. The highest BCUT2D eigenvalue weighted by molar-refractivity contribution is 5.76. The van der Waals surface area contributed by atoms with Crippen molar-refractivity contribution in [3.63, 3.8) is 0 Å². The summed E-state index contributed by atoms with van der Waals surface area (Å²) in [5.74, 6) is -0.0907. The van der Waals surface area contributed by atoms with Gasteiger partial charge in [0, 0.05) is 5.92 Å². The normalized spacial score (nSPS) is 12.5. The van der Waals surface area contributed by atoms with Crippen LogP contribution in [0.5, 0.6) is 0 Å². The van der Waals surface area contributed by atoms with Gasteiger partial charge in [0.05, 0.1) is 0 Å². The third-order valence-corrected chi connectivity index (χ3v) is 4.48. The first kappa shape index (κ1) is 20.5. The summed E-state index contributed by atoms with van der Waals surface area (Å²) in [6, 6.07) is 0. The monoisotopic (exact) mass is 297 g/mol. The standard InChI is InChI=1S/C19H39NO/c1-3-4-5-6-7-8-9-10-11-12-13-14-15-16-17-18(2)19(20)21/h18H,3-17H2,1-2H3,(H2,20,21). The maximum atomic E-state index is 10.9. The minimum atomic E-state index is -0.148. The van der Waals surface area contributed by atoms with Crippen LogP contribution in [-0.2, 0) is 4.79 Å². The fourth-order valence-electron chi connectivity index (χ4n) is 2.79. The van der Waals surface area contributed by atoms with E-state index in [1.165, 1.54) is 83.5 Å². The summed E-state index contributed by atoms with van der Waals surface area (Å²) in [5.41, 5.74) is 5.25. The molecule has 0 bridgehead atoms. The molecular formula is C19H39NO. The molecule has 0 aromatic rings. The lowest BCUT2D eigenvalue weighted by Gasteiger charge is -2.06. The number of unbranched alkanes of at least 4 members (excludes halogenated alkanes) is 13. The van der Waals surface area contributed by atoms with Gasteiger partial charge >= 0.3 is 0 Å². The predicted molar refractivity (Wildman–Crippen MR) is 93.3 cm³/mol. The van der Waals surface area contributed by atoms with E-state index in [2.05, 4.69) is 6.92 Å². The van der Waals surface area contributed by atoms with Gasteiger partial charge in [-0.15, -0.1) is 0 Å². The highest BCUT2D eigenvalue weighted by Gasteiger charge is 2.06. The minimum absolute atomic E-state index is 0.0577. The maximum absolute atomic E-state index is 10.9. The first-order valence-corrected chi connectivity index (χ1v) is 9.47. The third-order valence-electron chi connectivity index (χ3n) is 4.48. The Balaban J connectivity index is 3.04. The van der Waals surface area contributed by atoms with E-state index in [-0.39, 0.29) is 11.8 Å². The molecular weight excluding hydrogens is 258 g/mol. The highest BCUT2D eigenvalue weighted by atomic mass is 16.1. The maximum Gasteiger partial charge on any atom is 0.220 e. The molecule has 0 radical (unpaired) electrons. The third kappa shape index (κ3) is 15.7. The van der Waals surface area contributed by atoms with Gasteiger partial charge in [-0.25, -0.2) is 0 Å². The van der Waals surface area contributed by atoms with Crippen molar-refractivity contribution in [1.29, 1.82) is 0 Å². The van der Waals surface area contributed by atoms with Gasteiger partial charge in [0.2, 0.25) is 5.91 Å². The molecule has 0 aromatic carbocycles. The zero-order valence-electron chi connectivity index (χ0n) is 14.7. The second kappa shape index (κ2) is 15.9. The molecule has 1 unspecified atom stereocenters. The van der Waals surface area contributed by atoms with Crippen molar-refractivity contribution in [1.82, 2.24) is 0 Å². The quantitative estimate of drug-likeness (QED) is 0.350. The number of rotatable bonds is 16. The zero-order chi connectivity index (χ0) is 15.8. The van der Waals surface area contributed by atoms with Crippen LogP contribution in [0.15, 0.2) is 0 Å². The fourth-order valence-corrected chi connectivity index (χ4v) is 2.79. The van der Waals surface area contributed by atoms with Crippen LogP contribution in [0.4, 0.5) is 0 Å². The van der Waals surface area contributed by atoms with E-state index in [4.69, 9.17) is 5.73 Å². The molecule has 0 fully saturated rings. The molecule has 0 heterocycles. The van der Waals surface area contributed by atoms with Crippen LogP contribution in [0.25, 0.3) is 0 Å². The summed E-state index contributed by atoms with van der Waals surface area (Å²) < 4.78 is 0. The molecule has 0 aliphatic heterocycles. The van der Waals surface area contributed by atoms with E-state index >= 15 is 0 Å². The van der Waals surface area contributed by atoms with Crippen molar-refractivity contribution in [3.8, 4) is 0 Å². The van der Waals surface area contributed by atoms with Crippen LogP contribution in [-0.4, -0.2) is 5.91 Å². The summed E-state index contributed by atoms with van der Waals surface area (Å²) in [7, 11) is 0. The van der Waals surface area contributed by atoms with E-state index in [0.29, 0.717) is 0 Å². The number of amides is 1. The Morgan fingerprint density at radius 1 is 0.714 bits per heavy atom. The van der Waals surface area contributed by atoms with E-state index in [0.717, 1.165) is 12.8 Å². The molecule has 0 aliphatic carbocycles. The number of carbonyl (C=O) groups excluding carboxylic acids is 1. The Morgan fingerprint density at radius 2 is 1.05 bits per heavy atom. The van der Waals surface area contributed by atoms with Crippen LogP contribution in [0, 0.1) is 5.92 Å². The molecule has 0 spiro atoms. The molecule has 2 heteroatoms. The Morgan fingerprint density at radius 3 is 1.38 bits per heavy atom. The summed E-state index contributed by atoms with van der Waals surface area (Å²) >= 11 is 0. The van der Waals surface area contributed by atoms with Crippen LogP contribution >= 0.6 is 0 Å². The van der Waals surface area contributed by atoms with Gasteiger partial charge in [0.25, 0.3) is 0 Å². The van der Waals surface area contributed by atoms with Gasteiger partial charge in [0.15, 0.2) is 0 Å². The molecule has 21 heavy (non-hydrogen) atoms. The lowest BCUT2D eigenvalue weighted by Crippen LogP contribution is -2.20. The molecule has 0 aliphatic rings. The van der Waals surface area contributed by atoms with Gasteiger partial charge in [-0.3, -0.25) is 4.79 Å². The molecule has 1 amide bonds. The summed E-state index contributed by atoms with van der Waals surface area (Å²) in [6.07, 6.45) is 20.2. The summed E-state index contributed by atoms with van der Waals surface area (Å²) in [6.45, 7) is 4.21. The van der Waals surface area contributed by atoms with Gasteiger partial charge in [-0.05, 0) is 6.42 Å². The van der Waals surface area contributed by atoms with Crippen LogP contribution < -0.4 is 5.73 Å². The van der Waals surface area contributed by atoms with E-state index in [9.17, 15) is 4.79 Å². The minimum Gasteiger partial charge on any atom is -0.369 e. The summed E-state index contributed by atoms with van der Waals surface area (Å²) in [4.78, 5) is 10.9. The average molecular weight is 298 g/mol. The number of hydrogen-bond donors (Lipinski definition) is 1. The van der Waals surface area contributed by atoms with Crippen LogP contribution in [0.3, 0.4) is 0 Å². The number of hydrogen-bond acceptors (Lipinski definition) is 1. The lowest BCUT2D eigenvalue weighted by atomic mass is 10.0. The predicted octanol–water partition coefficient (Wildman–Crippen LogP) is 5.98. The molecule has 0 saturated heterocycles. The number of primary amides is 1. The molecule has 0 aromatic heterocycles. The Hall–Kier alpha value is -0.530. The SMILES string of the molecule is CCCCCCCCCCCCCCCCC(C)C(N)=O. The molecule has 0 rings (SSSR count). The van der Waals surface area contributed by atoms with Crippen molar-refractivity contribution in [2.45, 2.75) is 110 Å². The van der Waals surface area contributed by atoms with Crippen LogP contribution in [0.2, 0.25) is 0 Å². The van der Waals surface area contributed by atoms with Crippen molar-refractivity contribution < 1.29 is 4.79 Å². The lowest BCUT2D eigenvalue weighted by molar-refractivity contribution is -0.121. The van der Waals surface area contributed by atoms with E-state index < -0.39 is 0 Å². The topological polar surface area (TPSA) is 43.1 Å². The van der Waals surface area contributed by atoms with Gasteiger partial charge in [0.1, 0.15) is 0 Å². The van der Waals surface area contributed by atoms with Crippen molar-refractivity contribution in [2.75, 3.05) is 0 Å². The van der Waals surface area contributed by atoms with Gasteiger partial charge in [-0.1, -0.05) is 104 Å². The van der Waals surface area contributed by atoms with Crippen molar-refractivity contribution in [2.24, 2.45) is 11.7 Å². The second-order valence-electron chi connectivity index (χ2n) is 6.69. The first-order valence-electron chi connectivity index (χ1n) is 9.47. The number of carbonyl (C=O) groups is 1. The molecule has 0 saturated carbocycles. The molecule has 2 N–H and O–H groups in total. The van der Waals surface area contributed by atoms with Gasteiger partial charge < -0.3 is 5.73 Å². The highest BCUT2D eigenvalue weighted by Crippen LogP contribution is 2.14. The average Bonchev–Trinajstić information content (AvgIpc) is 2.47. The Kier molecular flexibility index (Phi) is 15.5. The Bertz CT molecular complexity index is 228. The molecule has 2 nitrogen and oxygen atoms in total. The fraction of sp³-hybridized carbons (Fsp3) is 0.947. The first-order chi connectivity index (χ1) is 10.2. The molecule has 1 atom stereocenters. The number of nitrogens with two attached hydrogens (primary N) is 1. The zero-order valence-corrected chi connectivity index (χ0v) is 14.7. The van der Waals surface area contributed by atoms with E-state index in [1.54, 1.807) is 0 Å². The smallest absolute Gasteiger partial charge is 0.220 e. The van der Waals surface area contributed by atoms with E-state index in [1.807, 2.05) is 6.92 Å². The largest absolute Gasteiger partial charge is 0.369 e.